The molecule has 0 unspecified atom stereocenters. The molecule has 2 N–H and O–H groups in total. The highest BCUT2D eigenvalue weighted by atomic mass is 32.1. The van der Waals surface area contributed by atoms with Crippen LogP contribution in [0.5, 0.6) is 5.75 Å². The maximum atomic E-state index is 12.9. The Balaban J connectivity index is 1.57. The summed E-state index contributed by atoms with van der Waals surface area (Å²) >= 11 is 1.38. The zero-order valence-corrected chi connectivity index (χ0v) is 17.7. The number of thiazole rings is 1. The summed E-state index contributed by atoms with van der Waals surface area (Å²) in [5, 5.41) is 5.87. The van der Waals surface area contributed by atoms with E-state index in [0.29, 0.717) is 10.8 Å². The van der Waals surface area contributed by atoms with Gasteiger partial charge in [-0.25, -0.2) is 9.37 Å². The first-order chi connectivity index (χ1) is 14.4. The molecule has 3 rings (SSSR count). The summed E-state index contributed by atoms with van der Waals surface area (Å²) in [5.74, 6) is -0.189. The minimum atomic E-state index is -0.379. The van der Waals surface area contributed by atoms with Crippen LogP contribution in [0.4, 0.5) is 15.2 Å². The number of hydrogen-bond donors (Lipinski definition) is 2. The number of aryl methyl sites for hydroxylation is 2. The maximum Gasteiger partial charge on any atom is 0.226 e. The van der Waals surface area contributed by atoms with Gasteiger partial charge in [-0.15, -0.1) is 11.3 Å². The maximum absolute atomic E-state index is 12.9. The summed E-state index contributed by atoms with van der Waals surface area (Å²) in [5.41, 5.74) is 3.23. The fourth-order valence-electron chi connectivity index (χ4n) is 2.91. The van der Waals surface area contributed by atoms with Crippen molar-refractivity contribution in [3.8, 4) is 17.0 Å². The minimum Gasteiger partial charge on any atom is -0.496 e. The van der Waals surface area contributed by atoms with Crippen LogP contribution in [0.3, 0.4) is 0 Å². The van der Waals surface area contributed by atoms with Crippen LogP contribution in [0.1, 0.15) is 23.3 Å². The van der Waals surface area contributed by atoms with Gasteiger partial charge in [-0.3, -0.25) is 9.59 Å². The molecular formula is C22H22FN3O3S. The molecule has 0 saturated carbocycles. The molecule has 2 amide bonds. The van der Waals surface area contributed by atoms with Crippen molar-refractivity contribution >= 4 is 34.0 Å². The number of nitrogens with one attached hydrogen (secondary N) is 2. The topological polar surface area (TPSA) is 80.3 Å². The van der Waals surface area contributed by atoms with Gasteiger partial charge in [0.05, 0.1) is 12.8 Å². The number of nitrogens with zero attached hydrogens (tertiary/aromatic N) is 1. The zero-order valence-electron chi connectivity index (χ0n) is 16.9. The fourth-order valence-corrected chi connectivity index (χ4v) is 3.76. The minimum absolute atomic E-state index is 0.0120. The molecule has 1 heterocycles. The van der Waals surface area contributed by atoms with Crippen LogP contribution in [-0.4, -0.2) is 23.9 Å². The normalized spacial score (nSPS) is 10.5. The zero-order chi connectivity index (χ0) is 21.7. The lowest BCUT2D eigenvalue weighted by Gasteiger charge is -2.06. The molecule has 0 atom stereocenters. The number of hydrogen-bond acceptors (Lipinski definition) is 5. The molecule has 8 heteroatoms. The number of carbonyl (C=O) groups excluding carboxylic acids is 2. The number of aromatic nitrogens is 1. The Morgan fingerprint density at radius 2 is 1.70 bits per heavy atom. The van der Waals surface area contributed by atoms with Crippen molar-refractivity contribution in [2.75, 3.05) is 17.7 Å². The van der Waals surface area contributed by atoms with E-state index in [1.54, 1.807) is 7.11 Å². The lowest BCUT2D eigenvalue weighted by Crippen LogP contribution is -2.17. The number of amides is 2. The van der Waals surface area contributed by atoms with Gasteiger partial charge in [-0.05, 0) is 61.9 Å². The van der Waals surface area contributed by atoms with Crippen LogP contribution in [0.2, 0.25) is 0 Å². The standard InChI is InChI=1S/C22H22FN3O3S/c1-13-12-15(4-9-18(13)29-3)21-14(2)30-22(26-21)25-20(28)11-10-19(27)24-17-7-5-16(23)6-8-17/h4-9,12H,10-11H2,1-3H3,(H,24,27)(H,25,26,28). The van der Waals surface area contributed by atoms with Gasteiger partial charge >= 0.3 is 0 Å². The van der Waals surface area contributed by atoms with Crippen molar-refractivity contribution in [1.82, 2.24) is 4.98 Å². The molecule has 156 valence electrons. The van der Waals surface area contributed by atoms with Gasteiger partial charge in [0.1, 0.15) is 11.6 Å². The van der Waals surface area contributed by atoms with Crippen molar-refractivity contribution in [3.05, 3.63) is 58.7 Å². The van der Waals surface area contributed by atoms with E-state index in [0.717, 1.165) is 27.4 Å². The smallest absolute Gasteiger partial charge is 0.226 e. The third-order valence-corrected chi connectivity index (χ3v) is 5.30. The van der Waals surface area contributed by atoms with Crippen LogP contribution < -0.4 is 15.4 Å². The average molecular weight is 428 g/mol. The van der Waals surface area contributed by atoms with E-state index in [1.807, 2.05) is 32.0 Å². The largest absolute Gasteiger partial charge is 0.496 e. The Hall–Kier alpha value is -3.26. The molecule has 0 aliphatic carbocycles. The molecule has 0 aliphatic heterocycles. The summed E-state index contributed by atoms with van der Waals surface area (Å²) in [4.78, 5) is 29.7. The van der Waals surface area contributed by atoms with Gasteiger partial charge in [0.2, 0.25) is 11.8 Å². The quantitative estimate of drug-likeness (QED) is 0.560. The van der Waals surface area contributed by atoms with Crippen molar-refractivity contribution in [3.63, 3.8) is 0 Å². The molecule has 1 aromatic heterocycles. The number of carbonyl (C=O) groups is 2. The van der Waals surface area contributed by atoms with Crippen molar-refractivity contribution in [2.24, 2.45) is 0 Å². The van der Waals surface area contributed by atoms with Crippen LogP contribution in [-0.2, 0) is 9.59 Å². The Bertz CT molecular complexity index is 1060. The van der Waals surface area contributed by atoms with Crippen LogP contribution in [0.25, 0.3) is 11.3 Å². The molecule has 0 spiro atoms. The summed E-state index contributed by atoms with van der Waals surface area (Å²) in [6.45, 7) is 3.90. The van der Waals surface area contributed by atoms with Crippen LogP contribution >= 0.6 is 11.3 Å². The highest BCUT2D eigenvalue weighted by Gasteiger charge is 2.14. The molecule has 2 aromatic carbocycles. The average Bonchev–Trinajstić information content (AvgIpc) is 3.08. The number of rotatable bonds is 7. The third-order valence-electron chi connectivity index (χ3n) is 4.42. The molecule has 0 saturated heterocycles. The fraction of sp³-hybridized carbons (Fsp3) is 0.227. The van der Waals surface area contributed by atoms with E-state index in [1.165, 1.54) is 35.6 Å². The highest BCUT2D eigenvalue weighted by molar-refractivity contribution is 7.16. The second-order valence-electron chi connectivity index (χ2n) is 6.71. The Labute approximate surface area is 178 Å². The van der Waals surface area contributed by atoms with Gasteiger partial charge < -0.3 is 15.4 Å². The van der Waals surface area contributed by atoms with E-state index in [4.69, 9.17) is 4.74 Å². The number of anilines is 2. The molecule has 0 fully saturated rings. The van der Waals surface area contributed by atoms with E-state index in [9.17, 15) is 14.0 Å². The van der Waals surface area contributed by atoms with Crippen LogP contribution in [0, 0.1) is 19.7 Å². The first-order valence-electron chi connectivity index (χ1n) is 9.33. The second-order valence-corrected chi connectivity index (χ2v) is 7.91. The SMILES string of the molecule is COc1ccc(-c2nc(NC(=O)CCC(=O)Nc3ccc(F)cc3)sc2C)cc1C. The number of methoxy groups -OCH3 is 1. The van der Waals surface area contributed by atoms with Crippen LogP contribution in [0.15, 0.2) is 42.5 Å². The van der Waals surface area contributed by atoms with Crippen molar-refractivity contribution in [2.45, 2.75) is 26.7 Å². The van der Waals surface area contributed by atoms with Gasteiger partial charge in [-0.2, -0.15) is 0 Å². The molecule has 6 nitrogen and oxygen atoms in total. The van der Waals surface area contributed by atoms with Crippen molar-refractivity contribution in [1.29, 1.82) is 0 Å². The molecule has 30 heavy (non-hydrogen) atoms. The number of halogens is 1. The summed E-state index contributed by atoms with van der Waals surface area (Å²) in [6.07, 6.45) is 0.0285. The molecule has 0 radical (unpaired) electrons. The lowest BCUT2D eigenvalue weighted by atomic mass is 10.1. The molecule has 0 aliphatic rings. The Kier molecular flexibility index (Phi) is 6.79. The summed E-state index contributed by atoms with van der Waals surface area (Å²) in [6, 6.07) is 11.3. The van der Waals surface area contributed by atoms with E-state index in [-0.39, 0.29) is 30.5 Å². The predicted molar refractivity (Wildman–Crippen MR) is 116 cm³/mol. The lowest BCUT2D eigenvalue weighted by molar-refractivity contribution is -0.121. The molecule has 0 bridgehead atoms. The first-order valence-corrected chi connectivity index (χ1v) is 10.1. The number of ether oxygens (including phenoxy) is 1. The van der Waals surface area contributed by atoms with E-state index < -0.39 is 0 Å². The Morgan fingerprint density at radius 1 is 1.03 bits per heavy atom. The van der Waals surface area contributed by atoms with Gasteiger partial charge in [0, 0.05) is 29.0 Å². The number of benzene rings is 2. The van der Waals surface area contributed by atoms with Gasteiger partial charge in [0.25, 0.3) is 0 Å². The summed E-state index contributed by atoms with van der Waals surface area (Å²) in [7, 11) is 1.63. The van der Waals surface area contributed by atoms with Crippen molar-refractivity contribution < 1.29 is 18.7 Å². The monoisotopic (exact) mass is 427 g/mol. The van der Waals surface area contributed by atoms with Gasteiger partial charge in [-0.1, -0.05) is 0 Å². The van der Waals surface area contributed by atoms with E-state index in [2.05, 4.69) is 15.6 Å². The molecular weight excluding hydrogens is 405 g/mol. The molecule has 3 aromatic rings. The summed E-state index contributed by atoms with van der Waals surface area (Å²) < 4.78 is 18.2. The van der Waals surface area contributed by atoms with E-state index >= 15 is 0 Å². The first kappa shape index (κ1) is 21.4. The third kappa shape index (κ3) is 5.42. The Morgan fingerprint density at radius 3 is 2.33 bits per heavy atom. The van der Waals surface area contributed by atoms with Gasteiger partial charge in [0.15, 0.2) is 5.13 Å². The predicted octanol–water partition coefficient (Wildman–Crippen LogP) is 4.93. The second kappa shape index (κ2) is 9.49. The highest BCUT2D eigenvalue weighted by Crippen LogP contribution is 2.32.